The largest absolute Gasteiger partial charge is 0.465 e. The maximum absolute atomic E-state index is 11.8. The first kappa shape index (κ1) is 13.5. The Morgan fingerprint density at radius 2 is 1.75 bits per heavy atom. The van der Waals surface area contributed by atoms with E-state index in [0.29, 0.717) is 6.61 Å². The third kappa shape index (κ3) is 2.95. The van der Waals surface area contributed by atoms with E-state index in [4.69, 9.17) is 4.74 Å². The highest BCUT2D eigenvalue weighted by Gasteiger charge is 2.37. The molecule has 0 atom stereocenters. The predicted octanol–water partition coefficient (Wildman–Crippen LogP) is 0.966. The van der Waals surface area contributed by atoms with Crippen molar-refractivity contribution in [3.8, 4) is 0 Å². The number of hydrogen-bond acceptors (Lipinski definition) is 4. The summed E-state index contributed by atoms with van der Waals surface area (Å²) < 4.78 is 5.12. The molecular formula is C12H24N2O2. The number of carbonyl (C=O) groups is 1. The first-order valence-corrected chi connectivity index (χ1v) is 6.17. The van der Waals surface area contributed by atoms with Gasteiger partial charge in [-0.05, 0) is 27.3 Å². The summed E-state index contributed by atoms with van der Waals surface area (Å²) in [5.74, 6) is -0.111. The lowest BCUT2D eigenvalue weighted by molar-refractivity contribution is -0.157. The zero-order valence-corrected chi connectivity index (χ0v) is 11.0. The van der Waals surface area contributed by atoms with Gasteiger partial charge in [0.05, 0.1) is 6.61 Å². The molecule has 0 bridgehead atoms. The molecule has 0 aromatic heterocycles. The van der Waals surface area contributed by atoms with Gasteiger partial charge in [-0.15, -0.1) is 0 Å². The summed E-state index contributed by atoms with van der Waals surface area (Å²) >= 11 is 0. The molecule has 4 heteroatoms. The minimum Gasteiger partial charge on any atom is -0.465 e. The molecule has 1 aliphatic rings. The van der Waals surface area contributed by atoms with Gasteiger partial charge in [0.1, 0.15) is 5.54 Å². The van der Waals surface area contributed by atoms with E-state index in [1.807, 2.05) is 20.8 Å². The molecule has 4 nitrogen and oxygen atoms in total. The lowest BCUT2D eigenvalue weighted by atomic mass is 10.0. The maximum Gasteiger partial charge on any atom is 0.325 e. The van der Waals surface area contributed by atoms with Crippen molar-refractivity contribution in [3.05, 3.63) is 0 Å². The van der Waals surface area contributed by atoms with Crippen LogP contribution in [0.5, 0.6) is 0 Å². The van der Waals surface area contributed by atoms with Gasteiger partial charge in [0.15, 0.2) is 0 Å². The third-order valence-corrected chi connectivity index (χ3v) is 3.39. The van der Waals surface area contributed by atoms with Gasteiger partial charge in [0, 0.05) is 26.2 Å². The summed E-state index contributed by atoms with van der Waals surface area (Å²) in [6.45, 7) is 13.4. The van der Waals surface area contributed by atoms with Gasteiger partial charge in [-0.25, -0.2) is 0 Å². The van der Waals surface area contributed by atoms with Crippen molar-refractivity contribution in [2.75, 3.05) is 39.3 Å². The van der Waals surface area contributed by atoms with E-state index in [0.717, 1.165) is 32.7 Å². The van der Waals surface area contributed by atoms with E-state index < -0.39 is 5.54 Å². The lowest BCUT2D eigenvalue weighted by Crippen LogP contribution is -2.58. The van der Waals surface area contributed by atoms with E-state index in [1.54, 1.807) is 0 Å². The van der Waals surface area contributed by atoms with Crippen LogP contribution in [-0.2, 0) is 9.53 Å². The van der Waals surface area contributed by atoms with Crippen LogP contribution in [0.15, 0.2) is 0 Å². The molecule has 1 aliphatic heterocycles. The van der Waals surface area contributed by atoms with Crippen LogP contribution in [0.3, 0.4) is 0 Å². The minimum absolute atomic E-state index is 0.111. The molecule has 0 aromatic carbocycles. The highest BCUT2D eigenvalue weighted by Crippen LogP contribution is 2.18. The highest BCUT2D eigenvalue weighted by molar-refractivity contribution is 5.79. The van der Waals surface area contributed by atoms with Gasteiger partial charge < -0.3 is 9.64 Å². The van der Waals surface area contributed by atoms with Crippen LogP contribution in [0.2, 0.25) is 0 Å². The molecule has 0 amide bonds. The van der Waals surface area contributed by atoms with Gasteiger partial charge in [0.25, 0.3) is 0 Å². The predicted molar refractivity (Wildman–Crippen MR) is 64.4 cm³/mol. The molecule has 0 saturated carbocycles. The Bertz CT molecular complexity index is 233. The molecule has 0 spiro atoms. The number of carbonyl (C=O) groups excluding carboxylic acids is 1. The van der Waals surface area contributed by atoms with Crippen LogP contribution in [-0.4, -0.2) is 60.6 Å². The Morgan fingerprint density at radius 3 is 2.19 bits per heavy atom. The summed E-state index contributed by atoms with van der Waals surface area (Å²) in [5, 5.41) is 0. The molecular weight excluding hydrogens is 204 g/mol. The smallest absolute Gasteiger partial charge is 0.325 e. The molecule has 1 heterocycles. The van der Waals surface area contributed by atoms with Crippen molar-refractivity contribution in [3.63, 3.8) is 0 Å². The number of likely N-dealkylation sites (N-methyl/N-ethyl adjacent to an activating group) is 1. The normalized spacial score (nSPS) is 19.8. The lowest BCUT2D eigenvalue weighted by Gasteiger charge is -2.42. The Kier molecular flexibility index (Phi) is 4.74. The molecule has 0 aromatic rings. The van der Waals surface area contributed by atoms with E-state index in [1.165, 1.54) is 0 Å². The van der Waals surface area contributed by atoms with Crippen molar-refractivity contribution >= 4 is 5.97 Å². The Morgan fingerprint density at radius 1 is 1.19 bits per heavy atom. The zero-order valence-electron chi connectivity index (χ0n) is 11.0. The fourth-order valence-corrected chi connectivity index (χ4v) is 2.06. The molecule has 1 fully saturated rings. The van der Waals surface area contributed by atoms with Gasteiger partial charge in [-0.2, -0.15) is 0 Å². The van der Waals surface area contributed by atoms with Crippen LogP contribution in [0.1, 0.15) is 27.7 Å². The van der Waals surface area contributed by atoms with Crippen molar-refractivity contribution in [1.29, 1.82) is 0 Å². The average molecular weight is 228 g/mol. The maximum atomic E-state index is 11.8. The van der Waals surface area contributed by atoms with Crippen molar-refractivity contribution in [1.82, 2.24) is 9.80 Å². The van der Waals surface area contributed by atoms with Crippen molar-refractivity contribution in [2.24, 2.45) is 0 Å². The van der Waals surface area contributed by atoms with Crippen LogP contribution in [0.25, 0.3) is 0 Å². The molecule has 16 heavy (non-hydrogen) atoms. The second-order valence-electron chi connectivity index (χ2n) is 4.70. The first-order valence-electron chi connectivity index (χ1n) is 6.17. The van der Waals surface area contributed by atoms with E-state index >= 15 is 0 Å². The van der Waals surface area contributed by atoms with Crippen LogP contribution in [0.4, 0.5) is 0 Å². The molecule has 0 N–H and O–H groups in total. The minimum atomic E-state index is -0.490. The van der Waals surface area contributed by atoms with Crippen molar-refractivity contribution in [2.45, 2.75) is 33.2 Å². The SMILES string of the molecule is CCOC(=O)C(C)(C)N1CCN(CC)CC1. The third-order valence-electron chi connectivity index (χ3n) is 3.39. The summed E-state index contributed by atoms with van der Waals surface area (Å²) in [6.07, 6.45) is 0. The van der Waals surface area contributed by atoms with Crippen LogP contribution in [0, 0.1) is 0 Å². The highest BCUT2D eigenvalue weighted by atomic mass is 16.5. The molecule has 0 aliphatic carbocycles. The van der Waals surface area contributed by atoms with Gasteiger partial charge >= 0.3 is 5.97 Å². The summed E-state index contributed by atoms with van der Waals surface area (Å²) in [7, 11) is 0. The van der Waals surface area contributed by atoms with Crippen LogP contribution >= 0.6 is 0 Å². The topological polar surface area (TPSA) is 32.8 Å². The molecule has 1 saturated heterocycles. The summed E-state index contributed by atoms with van der Waals surface area (Å²) in [4.78, 5) is 16.5. The Labute approximate surface area is 98.5 Å². The van der Waals surface area contributed by atoms with Gasteiger partial charge in [-0.1, -0.05) is 6.92 Å². The monoisotopic (exact) mass is 228 g/mol. The van der Waals surface area contributed by atoms with Crippen molar-refractivity contribution < 1.29 is 9.53 Å². The Balaban J connectivity index is 2.53. The number of hydrogen-bond donors (Lipinski definition) is 0. The second kappa shape index (κ2) is 5.64. The fraction of sp³-hybridized carbons (Fsp3) is 0.917. The molecule has 94 valence electrons. The average Bonchev–Trinajstić information content (AvgIpc) is 2.29. The molecule has 0 unspecified atom stereocenters. The number of ether oxygens (including phenoxy) is 1. The zero-order chi connectivity index (χ0) is 12.2. The summed E-state index contributed by atoms with van der Waals surface area (Å²) in [5.41, 5.74) is -0.490. The fourth-order valence-electron chi connectivity index (χ4n) is 2.06. The van der Waals surface area contributed by atoms with E-state index in [-0.39, 0.29) is 5.97 Å². The molecule has 0 radical (unpaired) electrons. The Hall–Kier alpha value is -0.610. The quantitative estimate of drug-likeness (QED) is 0.671. The number of esters is 1. The van der Waals surface area contributed by atoms with Gasteiger partial charge in [-0.3, -0.25) is 9.69 Å². The number of rotatable bonds is 4. The number of nitrogens with zero attached hydrogens (tertiary/aromatic N) is 2. The molecule has 1 rings (SSSR count). The van der Waals surface area contributed by atoms with Gasteiger partial charge in [0.2, 0.25) is 0 Å². The number of piperazine rings is 1. The van der Waals surface area contributed by atoms with Crippen LogP contribution < -0.4 is 0 Å². The van der Waals surface area contributed by atoms with E-state index in [9.17, 15) is 4.79 Å². The second-order valence-corrected chi connectivity index (χ2v) is 4.70. The summed E-state index contributed by atoms with van der Waals surface area (Å²) in [6, 6.07) is 0. The van der Waals surface area contributed by atoms with E-state index in [2.05, 4.69) is 16.7 Å². The standard InChI is InChI=1S/C12H24N2O2/c1-5-13-7-9-14(10-8-13)12(3,4)11(15)16-6-2/h5-10H2,1-4H3. The first-order chi connectivity index (χ1) is 7.52.